The summed E-state index contributed by atoms with van der Waals surface area (Å²) in [5, 5.41) is 10.4. The Morgan fingerprint density at radius 3 is 2.29 bits per heavy atom. The first-order valence-electron chi connectivity index (χ1n) is 19.7. The third kappa shape index (κ3) is 4.49. The molecule has 0 N–H and O–H groups in total. The largest absolute Gasteiger partial charge is 0.334 e. The Labute approximate surface area is 320 Å². The van der Waals surface area contributed by atoms with E-state index in [1.54, 1.807) is 0 Å². The second-order valence-corrected chi connectivity index (χ2v) is 15.6. The van der Waals surface area contributed by atoms with Crippen LogP contribution in [0.1, 0.15) is 24.5 Å². The van der Waals surface area contributed by atoms with Gasteiger partial charge in [-0.05, 0) is 115 Å². The fraction of sp³-hybridized carbons (Fsp3) is 0.0943. The molecule has 0 spiro atoms. The van der Waals surface area contributed by atoms with Crippen LogP contribution in [0.4, 0.5) is 11.4 Å². The summed E-state index contributed by atoms with van der Waals surface area (Å²) in [6.45, 7) is 2.38. The molecule has 12 rings (SSSR count). The second-order valence-electron chi connectivity index (χ2n) is 15.6. The highest BCUT2D eigenvalue weighted by Gasteiger charge is 2.33. The van der Waals surface area contributed by atoms with Crippen LogP contribution in [0.5, 0.6) is 0 Å². The molecule has 0 aliphatic heterocycles. The van der Waals surface area contributed by atoms with E-state index in [9.17, 15) is 0 Å². The zero-order valence-corrected chi connectivity index (χ0v) is 30.7. The maximum Gasteiger partial charge on any atom is 0.0566 e. The van der Waals surface area contributed by atoms with E-state index in [4.69, 9.17) is 0 Å². The highest BCUT2D eigenvalue weighted by molar-refractivity contribution is 6.28. The average molecular weight is 703 g/mol. The number of fused-ring (bicyclic) bond motifs is 10. The molecule has 0 fully saturated rings. The van der Waals surface area contributed by atoms with Crippen molar-refractivity contribution in [2.45, 2.75) is 19.4 Å². The molecule has 1 aromatic heterocycles. The Morgan fingerprint density at radius 2 is 1.36 bits per heavy atom. The summed E-state index contributed by atoms with van der Waals surface area (Å²) >= 11 is 0. The van der Waals surface area contributed by atoms with Crippen molar-refractivity contribution in [2.75, 3.05) is 4.90 Å². The van der Waals surface area contributed by atoms with Gasteiger partial charge < -0.3 is 9.47 Å². The van der Waals surface area contributed by atoms with Crippen LogP contribution in [-0.2, 0) is 0 Å². The molecule has 2 heteroatoms. The maximum absolute atomic E-state index is 2.60. The van der Waals surface area contributed by atoms with Gasteiger partial charge >= 0.3 is 0 Å². The van der Waals surface area contributed by atoms with Gasteiger partial charge in [0.2, 0.25) is 0 Å². The van der Waals surface area contributed by atoms with Gasteiger partial charge in [-0.15, -0.1) is 0 Å². The minimum Gasteiger partial charge on any atom is -0.334 e. The van der Waals surface area contributed by atoms with Crippen molar-refractivity contribution < 1.29 is 0 Å². The first-order valence-corrected chi connectivity index (χ1v) is 19.7. The number of benzene rings is 7. The molecular formula is C53H38N2. The summed E-state index contributed by atoms with van der Waals surface area (Å²) < 4.78 is 2.53. The molecule has 3 unspecified atom stereocenters. The summed E-state index contributed by atoms with van der Waals surface area (Å²) in [6.07, 6.45) is 19.6. The van der Waals surface area contributed by atoms with Crippen molar-refractivity contribution in [3.8, 4) is 0 Å². The molecular weight excluding hydrogens is 665 g/mol. The topological polar surface area (TPSA) is 8.17 Å². The Kier molecular flexibility index (Phi) is 6.54. The van der Waals surface area contributed by atoms with Crippen molar-refractivity contribution in [3.63, 3.8) is 0 Å². The predicted molar refractivity (Wildman–Crippen MR) is 235 cm³/mol. The van der Waals surface area contributed by atoms with Crippen molar-refractivity contribution >= 4 is 82.3 Å². The number of hydrogen-bond acceptors (Lipinski definition) is 1. The molecule has 4 aliphatic carbocycles. The van der Waals surface area contributed by atoms with Crippen molar-refractivity contribution in [1.29, 1.82) is 0 Å². The van der Waals surface area contributed by atoms with E-state index in [1.165, 1.54) is 99.0 Å². The number of anilines is 2. The summed E-state index contributed by atoms with van der Waals surface area (Å²) in [5.41, 5.74) is 13.1. The van der Waals surface area contributed by atoms with E-state index in [2.05, 4.69) is 198 Å². The predicted octanol–water partition coefficient (Wildman–Crippen LogP) is 13.8. The molecule has 260 valence electrons. The molecule has 55 heavy (non-hydrogen) atoms. The zero-order valence-electron chi connectivity index (χ0n) is 30.7. The van der Waals surface area contributed by atoms with Crippen molar-refractivity contribution in [1.82, 2.24) is 4.57 Å². The number of rotatable bonds is 4. The highest BCUT2D eigenvalue weighted by atomic mass is 15.2. The first-order chi connectivity index (χ1) is 27.2. The molecule has 8 aromatic rings. The first kappa shape index (κ1) is 30.8. The summed E-state index contributed by atoms with van der Waals surface area (Å²) in [6, 6.07) is 50.1. The standard InChI is InChI=1S/C53H38N2/c1-33-42-16-6-4-12-35(42)22-27-49(33)55-50-20-9-8-18-45(50)47-31-41(25-28-51(47)55)54(39-23-21-34-11-2-3-13-36(34)30-39)40-24-26-44-46-19-10-15-38-29-37-14-5-7-17-43(37)53(52(38)46)48(44)32-40/h2-23,25-33,40,42H,24H2,1H3. The lowest BCUT2D eigenvalue weighted by Crippen LogP contribution is -2.30. The van der Waals surface area contributed by atoms with Crippen LogP contribution < -0.4 is 4.90 Å². The molecule has 0 radical (unpaired) electrons. The third-order valence-electron chi connectivity index (χ3n) is 12.8. The van der Waals surface area contributed by atoms with Crippen LogP contribution in [0.25, 0.3) is 71.0 Å². The molecule has 0 amide bonds. The lowest BCUT2D eigenvalue weighted by atomic mass is 9.79. The zero-order chi connectivity index (χ0) is 36.2. The highest BCUT2D eigenvalue weighted by Crippen LogP contribution is 2.52. The van der Waals surface area contributed by atoms with Gasteiger partial charge in [0.1, 0.15) is 0 Å². The van der Waals surface area contributed by atoms with Gasteiger partial charge in [-0.3, -0.25) is 0 Å². The van der Waals surface area contributed by atoms with Gasteiger partial charge in [-0.1, -0.05) is 140 Å². The maximum atomic E-state index is 2.60. The third-order valence-corrected chi connectivity index (χ3v) is 12.8. The van der Waals surface area contributed by atoms with E-state index in [0.717, 1.165) is 6.42 Å². The molecule has 2 nitrogen and oxygen atoms in total. The molecule has 4 aliphatic rings. The van der Waals surface area contributed by atoms with Gasteiger partial charge in [0.25, 0.3) is 0 Å². The normalized spacial score (nSPS) is 19.8. The van der Waals surface area contributed by atoms with Gasteiger partial charge in [0, 0.05) is 39.7 Å². The quantitative estimate of drug-likeness (QED) is 0.166. The Bertz CT molecular complexity index is 3160. The Morgan fingerprint density at radius 1 is 0.600 bits per heavy atom. The van der Waals surface area contributed by atoms with Crippen molar-refractivity contribution in [2.24, 2.45) is 11.8 Å². The van der Waals surface area contributed by atoms with Gasteiger partial charge in [0.15, 0.2) is 0 Å². The number of aromatic nitrogens is 1. The number of hydrogen-bond donors (Lipinski definition) is 0. The second kappa shape index (κ2) is 11.7. The lowest BCUT2D eigenvalue weighted by Gasteiger charge is -2.34. The van der Waals surface area contributed by atoms with Crippen molar-refractivity contribution in [3.05, 3.63) is 199 Å². The average Bonchev–Trinajstić information content (AvgIpc) is 3.75. The van der Waals surface area contributed by atoms with Crippen LogP contribution in [0.3, 0.4) is 0 Å². The smallest absolute Gasteiger partial charge is 0.0566 e. The summed E-state index contributed by atoms with van der Waals surface area (Å²) in [7, 11) is 0. The summed E-state index contributed by atoms with van der Waals surface area (Å²) in [4.78, 5) is 2.60. The Hall–Kier alpha value is -6.64. The van der Waals surface area contributed by atoms with E-state index in [1.807, 2.05) is 0 Å². The van der Waals surface area contributed by atoms with Crippen LogP contribution >= 0.6 is 0 Å². The molecule has 1 heterocycles. The number of allylic oxidation sites excluding steroid dienone is 10. The molecule has 0 saturated heterocycles. The van der Waals surface area contributed by atoms with Gasteiger partial charge in [-0.2, -0.15) is 0 Å². The fourth-order valence-electron chi connectivity index (χ4n) is 10.2. The van der Waals surface area contributed by atoms with Gasteiger partial charge in [-0.25, -0.2) is 0 Å². The summed E-state index contributed by atoms with van der Waals surface area (Å²) in [5.74, 6) is 0.728. The fourth-order valence-corrected chi connectivity index (χ4v) is 10.2. The van der Waals surface area contributed by atoms with E-state index >= 15 is 0 Å². The van der Waals surface area contributed by atoms with E-state index in [-0.39, 0.29) is 6.04 Å². The molecule has 0 bridgehead atoms. The van der Waals surface area contributed by atoms with E-state index in [0.29, 0.717) is 11.8 Å². The number of para-hydroxylation sites is 1. The van der Waals surface area contributed by atoms with Crippen LogP contribution in [-0.4, -0.2) is 10.6 Å². The van der Waals surface area contributed by atoms with Crippen LogP contribution in [0.15, 0.2) is 188 Å². The Balaban J connectivity index is 1.06. The van der Waals surface area contributed by atoms with Crippen LogP contribution in [0.2, 0.25) is 0 Å². The molecule has 0 saturated carbocycles. The van der Waals surface area contributed by atoms with E-state index < -0.39 is 0 Å². The minimum absolute atomic E-state index is 0.116. The SMILES string of the molecule is CC1C(n2c3ccccc3c3cc(N(c4ccc5ccccc5c4)C4C=C5C(=CC4)c4cccc6cc7ccccc7c5c46)ccc32)=CC=C2C=CC=CC21. The van der Waals surface area contributed by atoms with Gasteiger partial charge in [0.05, 0.1) is 17.1 Å². The lowest BCUT2D eigenvalue weighted by molar-refractivity contribution is 0.581. The molecule has 3 atom stereocenters. The number of nitrogens with zero attached hydrogens (tertiary/aromatic N) is 2. The monoisotopic (exact) mass is 702 g/mol. The minimum atomic E-state index is 0.116. The molecule has 7 aromatic carbocycles. The van der Waals surface area contributed by atoms with Crippen LogP contribution in [0, 0.1) is 11.8 Å².